The molecular weight excluding hydrogens is 370 g/mol. The molecule has 0 spiro atoms. The first-order valence-electron chi connectivity index (χ1n) is 7.31. The summed E-state index contributed by atoms with van der Waals surface area (Å²) < 4.78 is 54.0. The van der Waals surface area contributed by atoms with Crippen LogP contribution in [-0.4, -0.2) is 26.6 Å². The standard InChI is InChI=1S/C16H14F2N2O3S2/c1-10(21)20-6-7-24-16-5-3-12(9-15(16)20)25(22,23)19-14-8-11(17)2-4-13(14)18/h2-5,8-9,19H,6-7H2,1H3. The fraction of sp³-hybridized carbons (Fsp3) is 0.188. The number of fused-ring (bicyclic) bond motifs is 1. The average molecular weight is 384 g/mol. The Hall–Kier alpha value is -2.13. The number of carbonyl (C=O) groups is 1. The number of nitrogens with zero attached hydrogens (tertiary/aromatic N) is 1. The third-order valence-corrected chi connectivity index (χ3v) is 6.06. The highest BCUT2D eigenvalue weighted by atomic mass is 32.2. The summed E-state index contributed by atoms with van der Waals surface area (Å²) in [5.74, 6) is -1.13. The van der Waals surface area contributed by atoms with Gasteiger partial charge in [0.25, 0.3) is 10.0 Å². The van der Waals surface area contributed by atoms with Crippen molar-refractivity contribution in [2.24, 2.45) is 0 Å². The lowest BCUT2D eigenvalue weighted by atomic mass is 10.2. The highest BCUT2D eigenvalue weighted by Gasteiger charge is 2.24. The number of carbonyl (C=O) groups excluding carboxylic acids is 1. The molecule has 1 amide bonds. The van der Waals surface area contributed by atoms with Gasteiger partial charge < -0.3 is 4.90 Å². The second kappa shape index (κ2) is 6.64. The van der Waals surface area contributed by atoms with E-state index in [0.717, 1.165) is 23.1 Å². The van der Waals surface area contributed by atoms with Gasteiger partial charge in [-0.15, -0.1) is 11.8 Å². The van der Waals surface area contributed by atoms with Crippen molar-refractivity contribution in [3.63, 3.8) is 0 Å². The molecule has 0 unspecified atom stereocenters. The van der Waals surface area contributed by atoms with Gasteiger partial charge in [-0.25, -0.2) is 17.2 Å². The van der Waals surface area contributed by atoms with E-state index in [1.54, 1.807) is 6.07 Å². The van der Waals surface area contributed by atoms with Crippen molar-refractivity contribution in [2.45, 2.75) is 16.7 Å². The second-order valence-corrected chi connectivity index (χ2v) is 8.20. The van der Waals surface area contributed by atoms with E-state index >= 15 is 0 Å². The molecule has 1 aliphatic rings. The van der Waals surface area contributed by atoms with Gasteiger partial charge in [0.15, 0.2) is 0 Å². The van der Waals surface area contributed by atoms with Gasteiger partial charge >= 0.3 is 0 Å². The summed E-state index contributed by atoms with van der Waals surface area (Å²) in [5.41, 5.74) is 0.0156. The summed E-state index contributed by atoms with van der Waals surface area (Å²) >= 11 is 1.52. The first kappa shape index (κ1) is 17.7. The van der Waals surface area contributed by atoms with Crippen molar-refractivity contribution in [3.8, 4) is 0 Å². The molecule has 0 atom stereocenters. The topological polar surface area (TPSA) is 66.5 Å². The number of thioether (sulfide) groups is 1. The van der Waals surface area contributed by atoms with E-state index in [1.807, 2.05) is 4.72 Å². The molecule has 0 radical (unpaired) electrons. The number of benzene rings is 2. The Labute approximate surface area is 148 Å². The van der Waals surface area contributed by atoms with Gasteiger partial charge in [-0.3, -0.25) is 9.52 Å². The van der Waals surface area contributed by atoms with E-state index in [2.05, 4.69) is 0 Å². The molecule has 0 saturated heterocycles. The van der Waals surface area contributed by atoms with Gasteiger partial charge in [0.05, 0.1) is 16.3 Å². The minimum Gasteiger partial charge on any atom is -0.311 e. The van der Waals surface area contributed by atoms with Crippen molar-refractivity contribution in [2.75, 3.05) is 21.9 Å². The normalized spacial score (nSPS) is 14.1. The third kappa shape index (κ3) is 3.62. The highest BCUT2D eigenvalue weighted by molar-refractivity contribution is 7.99. The monoisotopic (exact) mass is 384 g/mol. The third-order valence-electron chi connectivity index (χ3n) is 3.66. The van der Waals surface area contributed by atoms with Gasteiger partial charge in [0.1, 0.15) is 11.6 Å². The minimum absolute atomic E-state index is 0.135. The average Bonchev–Trinajstić information content (AvgIpc) is 2.56. The molecule has 2 aromatic carbocycles. The van der Waals surface area contributed by atoms with Crippen LogP contribution in [0, 0.1) is 11.6 Å². The van der Waals surface area contributed by atoms with Crippen LogP contribution >= 0.6 is 11.8 Å². The zero-order chi connectivity index (χ0) is 18.2. The van der Waals surface area contributed by atoms with E-state index in [-0.39, 0.29) is 10.8 Å². The number of halogens is 2. The molecule has 0 aromatic heterocycles. The van der Waals surface area contributed by atoms with Crippen LogP contribution in [0.25, 0.3) is 0 Å². The van der Waals surface area contributed by atoms with E-state index in [0.29, 0.717) is 18.0 Å². The zero-order valence-corrected chi connectivity index (χ0v) is 14.8. The SMILES string of the molecule is CC(=O)N1CCSc2ccc(S(=O)(=O)Nc3cc(F)ccc3F)cc21. The lowest BCUT2D eigenvalue weighted by molar-refractivity contribution is -0.116. The van der Waals surface area contributed by atoms with Crippen molar-refractivity contribution >= 4 is 39.1 Å². The number of hydrogen-bond donors (Lipinski definition) is 1. The first-order valence-corrected chi connectivity index (χ1v) is 9.77. The lowest BCUT2D eigenvalue weighted by Crippen LogP contribution is -2.33. The molecule has 0 fully saturated rings. The Bertz CT molecular complexity index is 948. The summed E-state index contributed by atoms with van der Waals surface area (Å²) in [6.07, 6.45) is 0. The summed E-state index contributed by atoms with van der Waals surface area (Å²) in [6.45, 7) is 1.88. The van der Waals surface area contributed by atoms with Crippen LogP contribution in [-0.2, 0) is 14.8 Å². The summed E-state index contributed by atoms with van der Waals surface area (Å²) in [7, 11) is -4.14. The second-order valence-electron chi connectivity index (χ2n) is 5.38. The number of amides is 1. The van der Waals surface area contributed by atoms with Crippen LogP contribution < -0.4 is 9.62 Å². The maximum Gasteiger partial charge on any atom is 0.262 e. The molecule has 5 nitrogen and oxygen atoms in total. The van der Waals surface area contributed by atoms with Gasteiger partial charge in [-0.05, 0) is 30.3 Å². The number of anilines is 2. The molecular formula is C16H14F2N2O3S2. The molecule has 0 aliphatic carbocycles. The summed E-state index contributed by atoms with van der Waals surface area (Å²) in [6, 6.07) is 6.84. The van der Waals surface area contributed by atoms with Crippen LogP contribution in [0.1, 0.15) is 6.92 Å². The van der Waals surface area contributed by atoms with Crippen molar-refractivity contribution in [3.05, 3.63) is 48.0 Å². The number of rotatable bonds is 3. The Kier molecular flexibility index (Phi) is 4.70. The largest absolute Gasteiger partial charge is 0.311 e. The predicted octanol–water partition coefficient (Wildman–Crippen LogP) is 3.22. The highest BCUT2D eigenvalue weighted by Crippen LogP contribution is 2.36. The summed E-state index contributed by atoms with van der Waals surface area (Å²) in [5, 5.41) is 0. The number of sulfonamides is 1. The molecule has 9 heteroatoms. The first-order chi connectivity index (χ1) is 11.8. The maximum atomic E-state index is 13.7. The summed E-state index contributed by atoms with van der Waals surface area (Å²) in [4.78, 5) is 13.9. The van der Waals surface area contributed by atoms with E-state index < -0.39 is 27.3 Å². The van der Waals surface area contributed by atoms with E-state index in [4.69, 9.17) is 0 Å². The molecule has 1 heterocycles. The van der Waals surface area contributed by atoms with Crippen LogP contribution in [0.15, 0.2) is 46.2 Å². The molecule has 0 saturated carbocycles. The van der Waals surface area contributed by atoms with Gasteiger partial charge in [-0.2, -0.15) is 0 Å². The fourth-order valence-electron chi connectivity index (χ4n) is 2.47. The minimum atomic E-state index is -4.14. The zero-order valence-electron chi connectivity index (χ0n) is 13.1. The Morgan fingerprint density at radius 3 is 2.68 bits per heavy atom. The predicted molar refractivity (Wildman–Crippen MR) is 92.4 cm³/mol. The maximum absolute atomic E-state index is 13.7. The van der Waals surface area contributed by atoms with Crippen molar-refractivity contribution < 1.29 is 22.0 Å². The van der Waals surface area contributed by atoms with Gasteiger partial charge in [0.2, 0.25) is 5.91 Å². The van der Waals surface area contributed by atoms with E-state index in [9.17, 15) is 22.0 Å². The Morgan fingerprint density at radius 1 is 1.20 bits per heavy atom. The van der Waals surface area contributed by atoms with Crippen LogP contribution in [0.3, 0.4) is 0 Å². The van der Waals surface area contributed by atoms with Crippen molar-refractivity contribution in [1.82, 2.24) is 0 Å². The Balaban J connectivity index is 1.99. The smallest absolute Gasteiger partial charge is 0.262 e. The molecule has 1 N–H and O–H groups in total. The fourth-order valence-corrected chi connectivity index (χ4v) is 4.52. The van der Waals surface area contributed by atoms with E-state index in [1.165, 1.54) is 35.7 Å². The number of hydrogen-bond acceptors (Lipinski definition) is 4. The van der Waals surface area contributed by atoms with Crippen LogP contribution in [0.2, 0.25) is 0 Å². The van der Waals surface area contributed by atoms with Crippen LogP contribution in [0.4, 0.5) is 20.2 Å². The van der Waals surface area contributed by atoms with Gasteiger partial charge in [-0.1, -0.05) is 0 Å². The Morgan fingerprint density at radius 2 is 1.96 bits per heavy atom. The molecule has 25 heavy (non-hydrogen) atoms. The quantitative estimate of drug-likeness (QED) is 0.882. The van der Waals surface area contributed by atoms with Crippen molar-refractivity contribution in [1.29, 1.82) is 0 Å². The van der Waals surface area contributed by atoms with Crippen LogP contribution in [0.5, 0.6) is 0 Å². The molecule has 1 aliphatic heterocycles. The molecule has 3 rings (SSSR count). The molecule has 2 aromatic rings. The number of nitrogens with one attached hydrogen (secondary N) is 1. The molecule has 0 bridgehead atoms. The van der Waals surface area contributed by atoms with Gasteiger partial charge in [0, 0.05) is 30.2 Å². The lowest BCUT2D eigenvalue weighted by Gasteiger charge is -2.28. The molecule has 132 valence electrons.